The molecular weight excluding hydrogens is 404 g/mol. The Balaban J connectivity index is 1.33. The number of halogens is 1. The number of thioether (sulfide) groups is 1. The Labute approximate surface area is 177 Å². The Kier molecular flexibility index (Phi) is 5.93. The van der Waals surface area contributed by atoms with Crippen molar-refractivity contribution in [3.05, 3.63) is 94.5 Å². The van der Waals surface area contributed by atoms with Crippen LogP contribution in [0.1, 0.15) is 21.5 Å². The summed E-state index contributed by atoms with van der Waals surface area (Å²) in [6.07, 6.45) is 1.53. The average Bonchev–Trinajstić information content (AvgIpc) is 3.17. The molecule has 1 heterocycles. The molecule has 0 unspecified atom stereocenters. The molecule has 0 aliphatic carbocycles. The summed E-state index contributed by atoms with van der Waals surface area (Å²) in [4.78, 5) is 20.1. The van der Waals surface area contributed by atoms with E-state index in [9.17, 15) is 4.79 Å². The van der Waals surface area contributed by atoms with Crippen LogP contribution in [0, 0.1) is 0 Å². The number of carbonyl (C=O) groups excluding carboxylic acids is 1. The molecule has 4 rings (SSSR count). The molecule has 0 aliphatic rings. The van der Waals surface area contributed by atoms with Crippen molar-refractivity contribution in [3.63, 3.8) is 0 Å². The molecule has 1 amide bonds. The van der Waals surface area contributed by atoms with Gasteiger partial charge in [0.05, 0.1) is 17.2 Å². The first-order valence-electron chi connectivity index (χ1n) is 8.93. The van der Waals surface area contributed by atoms with Gasteiger partial charge in [-0.25, -0.2) is 10.4 Å². The summed E-state index contributed by atoms with van der Waals surface area (Å²) in [5.41, 5.74) is 6.89. The topological polar surface area (TPSA) is 70.1 Å². The van der Waals surface area contributed by atoms with Gasteiger partial charge in [0.2, 0.25) is 0 Å². The van der Waals surface area contributed by atoms with E-state index in [0.717, 1.165) is 33.1 Å². The van der Waals surface area contributed by atoms with Crippen LogP contribution in [0.15, 0.2) is 83.1 Å². The third kappa shape index (κ3) is 4.85. The number of aromatic amines is 1. The predicted molar refractivity (Wildman–Crippen MR) is 119 cm³/mol. The highest BCUT2D eigenvalue weighted by molar-refractivity contribution is 7.98. The highest BCUT2D eigenvalue weighted by atomic mass is 35.5. The minimum Gasteiger partial charge on any atom is -0.333 e. The molecule has 4 aromatic rings. The SMILES string of the molecule is O=C(NN=Cc1ccccc1Cl)c1ccc(CSc2nc3ccccc3[nH]2)cc1. The minimum absolute atomic E-state index is 0.273. The van der Waals surface area contributed by atoms with Crippen LogP contribution in [0.2, 0.25) is 5.02 Å². The number of nitrogens with one attached hydrogen (secondary N) is 2. The van der Waals surface area contributed by atoms with E-state index in [1.807, 2.05) is 54.6 Å². The first kappa shape index (κ1) is 19.2. The Morgan fingerprint density at radius 2 is 1.83 bits per heavy atom. The number of fused-ring (bicyclic) bond motifs is 1. The number of aromatic nitrogens is 2. The summed E-state index contributed by atoms with van der Waals surface area (Å²) in [6, 6.07) is 22.7. The molecule has 0 saturated carbocycles. The summed E-state index contributed by atoms with van der Waals surface area (Å²) in [6.45, 7) is 0. The van der Waals surface area contributed by atoms with E-state index in [1.165, 1.54) is 6.21 Å². The Morgan fingerprint density at radius 1 is 1.07 bits per heavy atom. The van der Waals surface area contributed by atoms with E-state index < -0.39 is 0 Å². The summed E-state index contributed by atoms with van der Waals surface area (Å²) in [5.74, 6) is 0.483. The van der Waals surface area contributed by atoms with E-state index in [0.29, 0.717) is 10.6 Å². The van der Waals surface area contributed by atoms with Crippen molar-refractivity contribution in [2.24, 2.45) is 5.10 Å². The fraction of sp³-hybridized carbons (Fsp3) is 0.0455. The monoisotopic (exact) mass is 420 g/mol. The van der Waals surface area contributed by atoms with Gasteiger partial charge in [0.15, 0.2) is 5.16 Å². The lowest BCUT2D eigenvalue weighted by molar-refractivity contribution is 0.0955. The molecule has 2 N–H and O–H groups in total. The molecule has 1 aromatic heterocycles. The minimum atomic E-state index is -0.273. The van der Waals surface area contributed by atoms with Crippen molar-refractivity contribution in [2.45, 2.75) is 10.9 Å². The van der Waals surface area contributed by atoms with Crippen LogP contribution in [0.3, 0.4) is 0 Å². The van der Waals surface area contributed by atoms with Crippen molar-refractivity contribution in [3.8, 4) is 0 Å². The molecule has 7 heteroatoms. The molecule has 3 aromatic carbocycles. The van der Waals surface area contributed by atoms with E-state index in [1.54, 1.807) is 30.0 Å². The van der Waals surface area contributed by atoms with E-state index in [4.69, 9.17) is 11.6 Å². The number of imidazole rings is 1. The van der Waals surface area contributed by atoms with Crippen molar-refractivity contribution in [2.75, 3.05) is 0 Å². The summed E-state index contributed by atoms with van der Waals surface area (Å²) in [7, 11) is 0. The number of amides is 1. The van der Waals surface area contributed by atoms with Gasteiger partial charge in [-0.3, -0.25) is 4.79 Å². The Bertz CT molecular complexity index is 1140. The second-order valence-corrected chi connectivity index (χ2v) is 7.64. The third-order valence-electron chi connectivity index (χ3n) is 4.23. The maximum atomic E-state index is 12.2. The van der Waals surface area contributed by atoms with Gasteiger partial charge in [-0.15, -0.1) is 0 Å². The summed E-state index contributed by atoms with van der Waals surface area (Å²) < 4.78 is 0. The molecule has 5 nitrogen and oxygen atoms in total. The molecule has 0 aliphatic heterocycles. The number of rotatable bonds is 6. The third-order valence-corrected chi connectivity index (χ3v) is 5.52. The van der Waals surface area contributed by atoms with Crippen LogP contribution < -0.4 is 5.43 Å². The lowest BCUT2D eigenvalue weighted by atomic mass is 10.1. The molecule has 0 bridgehead atoms. The lowest BCUT2D eigenvalue weighted by Gasteiger charge is -2.03. The van der Waals surface area contributed by atoms with Crippen molar-refractivity contribution < 1.29 is 4.79 Å². The van der Waals surface area contributed by atoms with Crippen LogP contribution in [0.4, 0.5) is 0 Å². The summed E-state index contributed by atoms with van der Waals surface area (Å²) in [5, 5.41) is 5.43. The second kappa shape index (κ2) is 8.94. The molecule has 0 fully saturated rings. The molecule has 29 heavy (non-hydrogen) atoms. The fourth-order valence-electron chi connectivity index (χ4n) is 2.71. The number of hydrogen-bond acceptors (Lipinski definition) is 4. The van der Waals surface area contributed by atoms with Crippen LogP contribution in [0.25, 0.3) is 11.0 Å². The van der Waals surface area contributed by atoms with E-state index in [2.05, 4.69) is 20.5 Å². The highest BCUT2D eigenvalue weighted by Crippen LogP contribution is 2.23. The van der Waals surface area contributed by atoms with Crippen LogP contribution in [-0.2, 0) is 5.75 Å². The molecule has 0 atom stereocenters. The number of hydrogen-bond donors (Lipinski definition) is 2. The van der Waals surface area contributed by atoms with Crippen molar-refractivity contribution in [1.82, 2.24) is 15.4 Å². The smallest absolute Gasteiger partial charge is 0.271 e. The van der Waals surface area contributed by atoms with Gasteiger partial charge in [-0.2, -0.15) is 5.10 Å². The standard InChI is InChI=1S/C22H17ClN4OS/c23-18-6-2-1-5-17(18)13-24-27-21(28)16-11-9-15(10-12-16)14-29-22-25-19-7-3-4-8-20(19)26-22/h1-13H,14H2,(H,25,26)(H,27,28). The quantitative estimate of drug-likeness (QED) is 0.253. The van der Waals surface area contributed by atoms with Gasteiger partial charge < -0.3 is 4.98 Å². The number of carbonyl (C=O) groups is 1. The summed E-state index contributed by atoms with van der Waals surface area (Å²) >= 11 is 7.68. The largest absolute Gasteiger partial charge is 0.333 e. The zero-order valence-electron chi connectivity index (χ0n) is 15.3. The number of nitrogens with zero attached hydrogens (tertiary/aromatic N) is 2. The van der Waals surface area contributed by atoms with Crippen molar-refractivity contribution >= 4 is 46.5 Å². The zero-order valence-corrected chi connectivity index (χ0v) is 16.9. The lowest BCUT2D eigenvalue weighted by Crippen LogP contribution is -2.17. The van der Waals surface area contributed by atoms with Gasteiger partial charge in [0.25, 0.3) is 5.91 Å². The van der Waals surface area contributed by atoms with Crippen molar-refractivity contribution in [1.29, 1.82) is 0 Å². The molecule has 0 saturated heterocycles. The molecule has 0 spiro atoms. The maximum absolute atomic E-state index is 12.2. The number of hydrazone groups is 1. The van der Waals surface area contributed by atoms with E-state index >= 15 is 0 Å². The second-order valence-electron chi connectivity index (χ2n) is 6.27. The number of para-hydroxylation sites is 2. The number of benzene rings is 3. The van der Waals surface area contributed by atoms with Crippen LogP contribution in [0.5, 0.6) is 0 Å². The highest BCUT2D eigenvalue weighted by Gasteiger charge is 2.06. The molecule has 144 valence electrons. The normalized spacial score (nSPS) is 11.2. The first-order valence-corrected chi connectivity index (χ1v) is 10.3. The van der Waals surface area contributed by atoms with Crippen LogP contribution >= 0.6 is 23.4 Å². The fourth-order valence-corrected chi connectivity index (χ4v) is 3.73. The molecular formula is C22H17ClN4OS. The average molecular weight is 421 g/mol. The van der Waals surface area contributed by atoms with Gasteiger partial charge in [-0.1, -0.05) is 65.8 Å². The Morgan fingerprint density at radius 3 is 2.62 bits per heavy atom. The van der Waals surface area contributed by atoms with Crippen LogP contribution in [-0.4, -0.2) is 22.1 Å². The molecule has 0 radical (unpaired) electrons. The predicted octanol–water partition coefficient (Wildman–Crippen LogP) is 5.27. The Hall–Kier alpha value is -3.09. The van der Waals surface area contributed by atoms with Gasteiger partial charge >= 0.3 is 0 Å². The first-order chi connectivity index (χ1) is 14.2. The maximum Gasteiger partial charge on any atom is 0.271 e. The van der Waals surface area contributed by atoms with Gasteiger partial charge in [-0.05, 0) is 35.9 Å². The van der Waals surface area contributed by atoms with Gasteiger partial charge in [0.1, 0.15) is 0 Å². The van der Waals surface area contributed by atoms with Gasteiger partial charge in [0, 0.05) is 21.9 Å². The van der Waals surface area contributed by atoms with E-state index in [-0.39, 0.29) is 5.91 Å². The number of H-pyrrole nitrogens is 1. The zero-order chi connectivity index (χ0) is 20.1.